The van der Waals surface area contributed by atoms with Crippen molar-refractivity contribution in [2.75, 3.05) is 18.3 Å². The van der Waals surface area contributed by atoms with E-state index in [2.05, 4.69) is 10.3 Å². The molecule has 1 heterocycles. The number of anilines is 1. The minimum atomic E-state index is 0.471. The van der Waals surface area contributed by atoms with Crippen LogP contribution in [-0.2, 0) is 0 Å². The Kier molecular flexibility index (Phi) is 3.88. The normalized spacial score (nSPS) is 24.4. The molecule has 3 nitrogen and oxygen atoms in total. The van der Waals surface area contributed by atoms with Gasteiger partial charge in [0.1, 0.15) is 11.6 Å². The second-order valence-electron chi connectivity index (χ2n) is 4.18. The summed E-state index contributed by atoms with van der Waals surface area (Å²) in [6, 6.07) is 4.33. The SMILES string of the molecule is COc1ccc(NC2CCCC2CCl)nc1. The van der Waals surface area contributed by atoms with Gasteiger partial charge >= 0.3 is 0 Å². The number of rotatable bonds is 4. The summed E-state index contributed by atoms with van der Waals surface area (Å²) in [7, 11) is 1.64. The predicted octanol–water partition coefficient (Wildman–Crippen LogP) is 2.91. The molecule has 4 heteroatoms. The van der Waals surface area contributed by atoms with E-state index in [9.17, 15) is 0 Å². The highest BCUT2D eigenvalue weighted by Crippen LogP contribution is 2.29. The fourth-order valence-electron chi connectivity index (χ4n) is 2.19. The zero-order valence-electron chi connectivity index (χ0n) is 9.45. The monoisotopic (exact) mass is 240 g/mol. The van der Waals surface area contributed by atoms with E-state index in [1.807, 2.05) is 12.1 Å². The van der Waals surface area contributed by atoms with Crippen LogP contribution >= 0.6 is 11.6 Å². The van der Waals surface area contributed by atoms with Gasteiger partial charge in [0.15, 0.2) is 0 Å². The van der Waals surface area contributed by atoms with Gasteiger partial charge in [-0.25, -0.2) is 4.98 Å². The van der Waals surface area contributed by atoms with Crippen molar-refractivity contribution in [3.63, 3.8) is 0 Å². The fraction of sp³-hybridized carbons (Fsp3) is 0.583. The van der Waals surface area contributed by atoms with Crippen molar-refractivity contribution >= 4 is 17.4 Å². The molecular weight excluding hydrogens is 224 g/mol. The van der Waals surface area contributed by atoms with Gasteiger partial charge in [-0.05, 0) is 30.9 Å². The molecule has 0 amide bonds. The Labute approximate surface area is 101 Å². The number of ether oxygens (including phenoxy) is 1. The number of pyridine rings is 1. The van der Waals surface area contributed by atoms with Crippen LogP contribution in [0.25, 0.3) is 0 Å². The summed E-state index contributed by atoms with van der Waals surface area (Å²) in [6.45, 7) is 0. The van der Waals surface area contributed by atoms with Gasteiger partial charge in [0.25, 0.3) is 0 Å². The summed E-state index contributed by atoms with van der Waals surface area (Å²) in [5, 5.41) is 3.44. The number of halogens is 1. The van der Waals surface area contributed by atoms with Crippen molar-refractivity contribution < 1.29 is 4.74 Å². The average molecular weight is 241 g/mol. The van der Waals surface area contributed by atoms with E-state index in [0.717, 1.165) is 17.4 Å². The van der Waals surface area contributed by atoms with Crippen LogP contribution in [0.15, 0.2) is 18.3 Å². The second-order valence-corrected chi connectivity index (χ2v) is 4.49. The van der Waals surface area contributed by atoms with E-state index in [1.165, 1.54) is 19.3 Å². The molecular formula is C12H17ClN2O. The van der Waals surface area contributed by atoms with Gasteiger partial charge in [0.05, 0.1) is 13.3 Å². The average Bonchev–Trinajstić information content (AvgIpc) is 2.77. The van der Waals surface area contributed by atoms with E-state index < -0.39 is 0 Å². The van der Waals surface area contributed by atoms with Gasteiger partial charge in [-0.1, -0.05) is 6.42 Å². The lowest BCUT2D eigenvalue weighted by molar-refractivity contribution is 0.413. The topological polar surface area (TPSA) is 34.1 Å². The maximum atomic E-state index is 5.94. The molecule has 1 aromatic heterocycles. The molecule has 88 valence electrons. The molecule has 16 heavy (non-hydrogen) atoms. The zero-order chi connectivity index (χ0) is 11.4. The van der Waals surface area contributed by atoms with Crippen LogP contribution in [0.4, 0.5) is 5.82 Å². The maximum absolute atomic E-state index is 5.94. The van der Waals surface area contributed by atoms with Gasteiger partial charge in [-0.3, -0.25) is 0 Å². The van der Waals surface area contributed by atoms with Crippen molar-refractivity contribution in [1.82, 2.24) is 4.98 Å². The van der Waals surface area contributed by atoms with Gasteiger partial charge in [0.2, 0.25) is 0 Å². The lowest BCUT2D eigenvalue weighted by Crippen LogP contribution is -2.25. The highest BCUT2D eigenvalue weighted by molar-refractivity contribution is 6.18. The summed E-state index contributed by atoms with van der Waals surface area (Å²) in [5.41, 5.74) is 0. The molecule has 0 saturated heterocycles. The highest BCUT2D eigenvalue weighted by atomic mass is 35.5. The molecule has 2 unspecified atom stereocenters. The Morgan fingerprint density at radius 2 is 2.38 bits per heavy atom. The van der Waals surface area contributed by atoms with Crippen LogP contribution in [0.3, 0.4) is 0 Å². The first-order valence-electron chi connectivity index (χ1n) is 5.66. The van der Waals surface area contributed by atoms with E-state index in [4.69, 9.17) is 16.3 Å². The molecule has 1 aliphatic carbocycles. The number of nitrogens with zero attached hydrogens (tertiary/aromatic N) is 1. The minimum Gasteiger partial charge on any atom is -0.495 e. The molecule has 1 saturated carbocycles. The number of hydrogen-bond donors (Lipinski definition) is 1. The van der Waals surface area contributed by atoms with Gasteiger partial charge in [-0.2, -0.15) is 0 Å². The first kappa shape index (κ1) is 11.5. The van der Waals surface area contributed by atoms with E-state index >= 15 is 0 Å². The van der Waals surface area contributed by atoms with E-state index in [1.54, 1.807) is 13.3 Å². The summed E-state index contributed by atoms with van der Waals surface area (Å²) < 4.78 is 5.07. The van der Waals surface area contributed by atoms with Crippen molar-refractivity contribution in [2.24, 2.45) is 5.92 Å². The van der Waals surface area contributed by atoms with Crippen LogP contribution in [0.1, 0.15) is 19.3 Å². The van der Waals surface area contributed by atoms with Gasteiger partial charge < -0.3 is 10.1 Å². The quantitative estimate of drug-likeness (QED) is 0.822. The van der Waals surface area contributed by atoms with Crippen LogP contribution in [-0.4, -0.2) is 24.0 Å². The Bertz CT molecular complexity index is 328. The standard InChI is InChI=1S/C12H17ClN2O/c1-16-10-5-6-12(14-8-10)15-11-4-2-3-9(11)7-13/h5-6,8-9,11H,2-4,7H2,1H3,(H,14,15). The number of alkyl halides is 1. The largest absolute Gasteiger partial charge is 0.495 e. The molecule has 0 aliphatic heterocycles. The second kappa shape index (κ2) is 5.39. The third-order valence-corrected chi connectivity index (χ3v) is 3.56. The third-order valence-electron chi connectivity index (χ3n) is 3.16. The van der Waals surface area contributed by atoms with Crippen LogP contribution in [0.2, 0.25) is 0 Å². The molecule has 0 radical (unpaired) electrons. The zero-order valence-corrected chi connectivity index (χ0v) is 10.2. The molecule has 1 N–H and O–H groups in total. The summed E-state index contributed by atoms with van der Waals surface area (Å²) in [4.78, 5) is 4.30. The van der Waals surface area contributed by atoms with Crippen molar-refractivity contribution in [1.29, 1.82) is 0 Å². The molecule has 1 fully saturated rings. The van der Waals surface area contributed by atoms with E-state index in [0.29, 0.717) is 12.0 Å². The minimum absolute atomic E-state index is 0.471. The van der Waals surface area contributed by atoms with Crippen LogP contribution in [0.5, 0.6) is 5.75 Å². The summed E-state index contributed by atoms with van der Waals surface area (Å²) >= 11 is 5.94. The van der Waals surface area contributed by atoms with Crippen molar-refractivity contribution in [3.05, 3.63) is 18.3 Å². The maximum Gasteiger partial charge on any atom is 0.137 e. The van der Waals surface area contributed by atoms with Crippen molar-refractivity contribution in [2.45, 2.75) is 25.3 Å². The predicted molar refractivity (Wildman–Crippen MR) is 66.3 cm³/mol. The van der Waals surface area contributed by atoms with Crippen molar-refractivity contribution in [3.8, 4) is 5.75 Å². The van der Waals surface area contributed by atoms with Crippen LogP contribution < -0.4 is 10.1 Å². The molecule has 0 aromatic carbocycles. The summed E-state index contributed by atoms with van der Waals surface area (Å²) in [6.07, 6.45) is 5.39. The molecule has 1 aromatic rings. The Balaban J connectivity index is 1.97. The smallest absolute Gasteiger partial charge is 0.137 e. The Hall–Kier alpha value is -0.960. The summed E-state index contributed by atoms with van der Waals surface area (Å²) in [5.74, 6) is 2.99. The van der Waals surface area contributed by atoms with Crippen LogP contribution in [0, 0.1) is 5.92 Å². The number of methoxy groups -OCH3 is 1. The first-order chi connectivity index (χ1) is 7.83. The van der Waals surface area contributed by atoms with E-state index in [-0.39, 0.29) is 0 Å². The third kappa shape index (κ3) is 2.59. The Morgan fingerprint density at radius 1 is 1.50 bits per heavy atom. The van der Waals surface area contributed by atoms with Gasteiger partial charge in [0, 0.05) is 11.9 Å². The molecule has 1 aliphatic rings. The molecule has 2 atom stereocenters. The fourth-order valence-corrected chi connectivity index (χ4v) is 2.56. The number of nitrogens with one attached hydrogen (secondary N) is 1. The molecule has 0 bridgehead atoms. The Morgan fingerprint density at radius 3 is 3.00 bits per heavy atom. The number of hydrogen-bond acceptors (Lipinski definition) is 3. The van der Waals surface area contributed by atoms with Gasteiger partial charge in [-0.15, -0.1) is 11.6 Å². The number of aromatic nitrogens is 1. The molecule has 0 spiro atoms. The lowest BCUT2D eigenvalue weighted by Gasteiger charge is -2.19. The first-order valence-corrected chi connectivity index (χ1v) is 6.19. The highest BCUT2D eigenvalue weighted by Gasteiger charge is 2.26. The lowest BCUT2D eigenvalue weighted by atomic mass is 10.1. The molecule has 2 rings (SSSR count).